The van der Waals surface area contributed by atoms with Crippen molar-refractivity contribution in [3.63, 3.8) is 0 Å². The summed E-state index contributed by atoms with van der Waals surface area (Å²) in [6, 6.07) is 7.45. The first-order chi connectivity index (χ1) is 9.86. The van der Waals surface area contributed by atoms with E-state index in [9.17, 15) is 18.0 Å². The number of benzene rings is 1. The second-order valence-corrected chi connectivity index (χ2v) is 6.65. The highest BCUT2D eigenvalue weighted by Crippen LogP contribution is 2.22. The van der Waals surface area contributed by atoms with Crippen molar-refractivity contribution in [1.82, 2.24) is 14.3 Å². The Kier molecular flexibility index (Phi) is 4.29. The number of nitrogens with zero attached hydrogens (tertiary/aromatic N) is 3. The normalized spacial score (nSPS) is 17.4. The molecule has 8 heteroatoms. The van der Waals surface area contributed by atoms with E-state index in [0.29, 0.717) is 5.56 Å². The van der Waals surface area contributed by atoms with Gasteiger partial charge >= 0.3 is 6.03 Å². The summed E-state index contributed by atoms with van der Waals surface area (Å²) in [6.07, 6.45) is 2.86. The summed E-state index contributed by atoms with van der Waals surface area (Å²) in [5, 5.41) is 2.65. The molecule has 0 aliphatic carbocycles. The summed E-state index contributed by atoms with van der Waals surface area (Å²) in [7, 11) is -2.04. The second kappa shape index (κ2) is 5.82. The topological polar surface area (TPSA) is 78.0 Å². The minimum atomic E-state index is -3.60. The molecule has 2 amide bonds. The van der Waals surface area contributed by atoms with E-state index in [1.807, 2.05) is 12.4 Å². The van der Waals surface area contributed by atoms with Crippen LogP contribution < -0.4 is 0 Å². The van der Waals surface area contributed by atoms with Crippen molar-refractivity contribution in [3.05, 3.63) is 35.9 Å². The first-order valence-electron chi connectivity index (χ1n) is 6.31. The predicted molar refractivity (Wildman–Crippen MR) is 76.3 cm³/mol. The molecular weight excluding hydrogens is 294 g/mol. The predicted octanol–water partition coefficient (Wildman–Crippen LogP) is 0.381. The first-order valence-corrected chi connectivity index (χ1v) is 8.15. The monoisotopic (exact) mass is 310 g/mol. The number of amides is 2. The Balaban J connectivity index is 2.22. The van der Waals surface area contributed by atoms with Gasteiger partial charge in [0, 0.05) is 7.05 Å². The Bertz CT molecular complexity index is 632. The lowest BCUT2D eigenvalue weighted by molar-refractivity contribution is 0.0382. The molecule has 1 saturated heterocycles. The van der Waals surface area contributed by atoms with Crippen LogP contribution in [0.2, 0.25) is 0 Å². The van der Waals surface area contributed by atoms with Gasteiger partial charge in [0.1, 0.15) is 6.04 Å². The zero-order valence-corrected chi connectivity index (χ0v) is 12.6. The molecule has 1 unspecified atom stereocenters. The first kappa shape index (κ1) is 15.5. The molecule has 1 fully saturated rings. The Labute approximate surface area is 123 Å². The molecule has 1 atom stereocenters. The second-order valence-electron chi connectivity index (χ2n) is 4.75. The number of sulfonamides is 1. The lowest BCUT2D eigenvalue weighted by atomic mass is 10.1. The van der Waals surface area contributed by atoms with Gasteiger partial charge in [-0.15, -0.1) is 0 Å². The maximum atomic E-state index is 12.1. The molecule has 0 N–H and O–H groups in total. The lowest BCUT2D eigenvalue weighted by Gasteiger charge is -2.31. The Morgan fingerprint density at radius 3 is 2.33 bits per heavy atom. The highest BCUT2D eigenvalue weighted by molar-refractivity contribution is 7.88. The van der Waals surface area contributed by atoms with E-state index in [0.717, 1.165) is 10.6 Å². The number of rotatable bonds is 5. The van der Waals surface area contributed by atoms with Crippen LogP contribution in [0.1, 0.15) is 11.6 Å². The number of carbonyl (C=O) groups is 1. The van der Waals surface area contributed by atoms with Crippen LogP contribution in [0.25, 0.3) is 0 Å². The molecule has 2 rings (SSSR count). The average Bonchev–Trinajstić information content (AvgIpc) is 2.82. The number of hydrogen-bond acceptors (Lipinski definition) is 5. The van der Waals surface area contributed by atoms with Gasteiger partial charge in [0.25, 0.3) is 0 Å². The van der Waals surface area contributed by atoms with Crippen molar-refractivity contribution < 1.29 is 18.0 Å². The molecule has 1 aliphatic rings. The van der Waals surface area contributed by atoms with Crippen molar-refractivity contribution in [2.24, 2.45) is 0 Å². The molecule has 0 aromatic heterocycles. The molecule has 1 radical (unpaired) electrons. The number of hydrazine groups is 1. The summed E-state index contributed by atoms with van der Waals surface area (Å²) >= 11 is 0. The van der Waals surface area contributed by atoms with Crippen molar-refractivity contribution in [3.8, 4) is 0 Å². The van der Waals surface area contributed by atoms with E-state index in [4.69, 9.17) is 0 Å². The summed E-state index contributed by atoms with van der Waals surface area (Å²) in [6.45, 7) is 0.274. The Morgan fingerprint density at radius 1 is 1.24 bits per heavy atom. The van der Waals surface area contributed by atoms with Crippen LogP contribution in [0.4, 0.5) is 4.79 Å². The van der Waals surface area contributed by atoms with E-state index in [1.165, 1.54) is 10.0 Å². The maximum absolute atomic E-state index is 12.1. The van der Waals surface area contributed by atoms with Crippen LogP contribution in [0, 0.1) is 0 Å². The van der Waals surface area contributed by atoms with E-state index in [2.05, 4.69) is 0 Å². The van der Waals surface area contributed by atoms with Crippen molar-refractivity contribution in [2.45, 2.75) is 6.04 Å². The van der Waals surface area contributed by atoms with Gasteiger partial charge in [-0.1, -0.05) is 30.3 Å². The standard InChI is InChI=1S/C13H16N3O4S/c1-14(12(10-17)11-6-4-3-5-7-11)15-8-9-16(13(15)18)21(2,19)20/h3-7,12H,8-9H2,1-2H3. The molecule has 21 heavy (non-hydrogen) atoms. The van der Waals surface area contributed by atoms with Crippen LogP contribution in [0.5, 0.6) is 0 Å². The van der Waals surface area contributed by atoms with Crippen LogP contribution in [-0.4, -0.2) is 61.5 Å². The summed E-state index contributed by atoms with van der Waals surface area (Å²) in [4.78, 5) is 23.4. The summed E-state index contributed by atoms with van der Waals surface area (Å²) in [5.41, 5.74) is 0.681. The zero-order chi connectivity index (χ0) is 15.6. The van der Waals surface area contributed by atoms with Gasteiger partial charge in [-0.3, -0.25) is 9.80 Å². The Morgan fingerprint density at radius 2 is 1.86 bits per heavy atom. The third-order valence-corrected chi connectivity index (χ3v) is 4.47. The van der Waals surface area contributed by atoms with Gasteiger partial charge in [0.2, 0.25) is 16.3 Å². The number of urea groups is 1. The van der Waals surface area contributed by atoms with Gasteiger partial charge in [-0.05, 0) is 5.56 Å². The van der Waals surface area contributed by atoms with E-state index >= 15 is 0 Å². The number of likely N-dealkylation sites (N-methyl/N-ethyl adjacent to an activating group) is 1. The highest BCUT2D eigenvalue weighted by Gasteiger charge is 2.38. The van der Waals surface area contributed by atoms with Crippen molar-refractivity contribution >= 4 is 22.3 Å². The smallest absolute Gasteiger partial charge is 0.289 e. The van der Waals surface area contributed by atoms with Crippen molar-refractivity contribution in [1.29, 1.82) is 0 Å². The molecule has 1 aromatic carbocycles. The largest absolute Gasteiger partial charge is 0.348 e. The number of carbonyl (C=O) groups excluding carboxylic acids is 2. The molecule has 1 aromatic rings. The van der Waals surface area contributed by atoms with Gasteiger partial charge in [-0.25, -0.2) is 22.5 Å². The fraction of sp³-hybridized carbons (Fsp3) is 0.385. The van der Waals surface area contributed by atoms with E-state index in [-0.39, 0.29) is 13.1 Å². The maximum Gasteiger partial charge on any atom is 0.348 e. The molecular formula is C13H16N3O4S. The molecule has 1 heterocycles. The quantitative estimate of drug-likeness (QED) is 0.786. The SMILES string of the molecule is CN(C([C]=O)c1ccccc1)N1CCN(S(C)(=O)=O)C1=O. The summed E-state index contributed by atoms with van der Waals surface area (Å²) < 4.78 is 23.8. The molecule has 1 aliphatic heterocycles. The average molecular weight is 310 g/mol. The van der Waals surface area contributed by atoms with Gasteiger partial charge in [0.05, 0.1) is 19.3 Å². The fourth-order valence-electron chi connectivity index (χ4n) is 2.24. The number of hydrogen-bond donors (Lipinski definition) is 0. The third kappa shape index (κ3) is 3.06. The van der Waals surface area contributed by atoms with Gasteiger partial charge in [0.15, 0.2) is 0 Å². The summed E-state index contributed by atoms with van der Waals surface area (Å²) in [5.74, 6) is 0. The van der Waals surface area contributed by atoms with Crippen molar-refractivity contribution in [2.75, 3.05) is 26.4 Å². The molecule has 0 bridgehead atoms. The minimum absolute atomic E-state index is 0.0718. The van der Waals surface area contributed by atoms with Crippen LogP contribution in [-0.2, 0) is 14.8 Å². The lowest BCUT2D eigenvalue weighted by Crippen LogP contribution is -2.46. The third-order valence-electron chi connectivity index (χ3n) is 3.33. The fourth-order valence-corrected chi connectivity index (χ4v) is 3.03. The van der Waals surface area contributed by atoms with E-state index < -0.39 is 22.1 Å². The minimum Gasteiger partial charge on any atom is -0.289 e. The Hall–Kier alpha value is -1.93. The van der Waals surface area contributed by atoms with Gasteiger partial charge < -0.3 is 0 Å². The van der Waals surface area contributed by atoms with Crippen LogP contribution in [0.3, 0.4) is 0 Å². The molecule has 0 spiro atoms. The molecule has 7 nitrogen and oxygen atoms in total. The van der Waals surface area contributed by atoms with Crippen LogP contribution in [0.15, 0.2) is 30.3 Å². The van der Waals surface area contributed by atoms with E-state index in [1.54, 1.807) is 31.3 Å². The van der Waals surface area contributed by atoms with Gasteiger partial charge in [-0.2, -0.15) is 0 Å². The zero-order valence-electron chi connectivity index (χ0n) is 11.8. The highest BCUT2D eigenvalue weighted by atomic mass is 32.2. The molecule has 113 valence electrons. The van der Waals surface area contributed by atoms with Crippen LogP contribution >= 0.6 is 0 Å². The molecule has 0 saturated carbocycles.